The lowest BCUT2D eigenvalue weighted by Crippen LogP contribution is -2.11. The molecule has 1 heterocycles. The molecule has 15 heavy (non-hydrogen) atoms. The number of nitrogens with zero attached hydrogens (tertiary/aromatic N) is 1. The number of Topliss-reactive ketones (excluding diaryl/α,β-unsaturated/α-hetero) is 1. The van der Waals surface area contributed by atoms with E-state index in [0.29, 0.717) is 6.42 Å². The first-order chi connectivity index (χ1) is 7.20. The highest BCUT2D eigenvalue weighted by atomic mass is 32.2. The highest BCUT2D eigenvalue weighted by Gasteiger charge is 2.28. The summed E-state index contributed by atoms with van der Waals surface area (Å²) in [4.78, 5) is 27.8. The molecule has 2 rings (SSSR count). The lowest BCUT2D eigenvalue weighted by molar-refractivity contribution is -0.118. The molecule has 1 unspecified atom stereocenters. The summed E-state index contributed by atoms with van der Waals surface area (Å²) in [6, 6.07) is 0. The van der Waals surface area contributed by atoms with Crippen LogP contribution >= 0.6 is 11.8 Å². The second-order valence-electron chi connectivity index (χ2n) is 3.45. The molecule has 0 aromatic carbocycles. The molecule has 1 atom stereocenters. The predicted molar refractivity (Wildman–Crippen MR) is 61.0 cm³/mol. The van der Waals surface area contributed by atoms with Gasteiger partial charge in [0.15, 0.2) is 16.9 Å². The Hall–Kier alpha value is -1.16. The fourth-order valence-electron chi connectivity index (χ4n) is 1.48. The van der Waals surface area contributed by atoms with Crippen LogP contribution < -0.4 is 0 Å². The molecule has 0 radical (unpaired) electrons. The van der Waals surface area contributed by atoms with Crippen molar-refractivity contribution in [3.63, 3.8) is 0 Å². The van der Waals surface area contributed by atoms with Gasteiger partial charge in [-0.05, 0) is 18.6 Å². The molecule has 0 saturated carbocycles. The highest BCUT2D eigenvalue weighted by Crippen LogP contribution is 2.34. The van der Waals surface area contributed by atoms with Crippen LogP contribution in [0.15, 0.2) is 28.1 Å². The normalized spacial score (nSPS) is 23.5. The predicted octanol–water partition coefficient (Wildman–Crippen LogP) is 1.89. The molecule has 0 saturated heterocycles. The van der Waals surface area contributed by atoms with Crippen molar-refractivity contribution in [2.45, 2.75) is 25.1 Å². The van der Waals surface area contributed by atoms with E-state index in [9.17, 15) is 9.59 Å². The van der Waals surface area contributed by atoms with Crippen molar-refractivity contribution in [3.05, 3.63) is 23.1 Å². The van der Waals surface area contributed by atoms with Gasteiger partial charge in [-0.25, -0.2) is 0 Å². The van der Waals surface area contributed by atoms with E-state index in [4.69, 9.17) is 0 Å². The molecule has 0 amide bonds. The summed E-state index contributed by atoms with van der Waals surface area (Å²) in [5, 5.41) is -0.332. The zero-order valence-electron chi connectivity index (χ0n) is 8.40. The number of carbonyl (C=O) groups is 2. The lowest BCUT2D eigenvalue weighted by atomic mass is 10.1. The fourth-order valence-corrected chi connectivity index (χ4v) is 2.56. The molecule has 78 valence electrons. The number of hydrogen-bond donors (Lipinski definition) is 0. The third-order valence-corrected chi connectivity index (χ3v) is 3.37. The molecule has 0 bridgehead atoms. The van der Waals surface area contributed by atoms with Crippen LogP contribution in [0.25, 0.3) is 0 Å². The van der Waals surface area contributed by atoms with Crippen molar-refractivity contribution in [1.29, 1.82) is 0 Å². The van der Waals surface area contributed by atoms with E-state index in [1.807, 2.05) is 6.92 Å². The SMILES string of the molecule is CCCC(=O)C1N=C2C=CC(=O)C=C2S1. The number of carbonyl (C=O) groups excluding carboxylic acids is 2. The van der Waals surface area contributed by atoms with Crippen LogP contribution in [0.4, 0.5) is 0 Å². The molecule has 3 nitrogen and oxygen atoms in total. The molecule has 2 aliphatic rings. The Labute approximate surface area is 92.3 Å². The van der Waals surface area contributed by atoms with E-state index >= 15 is 0 Å². The van der Waals surface area contributed by atoms with Gasteiger partial charge in [-0.3, -0.25) is 14.6 Å². The first-order valence-electron chi connectivity index (χ1n) is 4.92. The zero-order chi connectivity index (χ0) is 10.8. The number of aliphatic imine (C=N–C) groups is 1. The van der Waals surface area contributed by atoms with Crippen LogP contribution in [-0.4, -0.2) is 22.7 Å². The summed E-state index contributed by atoms with van der Waals surface area (Å²) in [5.74, 6) is 0.117. The van der Waals surface area contributed by atoms with Gasteiger partial charge in [0, 0.05) is 17.4 Å². The summed E-state index contributed by atoms with van der Waals surface area (Å²) >= 11 is 1.38. The van der Waals surface area contributed by atoms with Crippen LogP contribution in [0.2, 0.25) is 0 Å². The van der Waals surface area contributed by atoms with Crippen LogP contribution in [0.5, 0.6) is 0 Å². The van der Waals surface area contributed by atoms with Gasteiger partial charge < -0.3 is 0 Å². The fraction of sp³-hybridized carbons (Fsp3) is 0.364. The number of fused-ring (bicyclic) bond motifs is 1. The Morgan fingerprint density at radius 2 is 2.33 bits per heavy atom. The molecule has 1 aliphatic heterocycles. The van der Waals surface area contributed by atoms with Crippen molar-refractivity contribution in [2.24, 2.45) is 4.99 Å². The Morgan fingerprint density at radius 1 is 1.53 bits per heavy atom. The van der Waals surface area contributed by atoms with Gasteiger partial charge >= 0.3 is 0 Å². The summed E-state index contributed by atoms with van der Waals surface area (Å²) in [7, 11) is 0. The molecule has 0 aromatic rings. The van der Waals surface area contributed by atoms with Crippen molar-refractivity contribution < 1.29 is 9.59 Å². The Kier molecular flexibility index (Phi) is 2.86. The van der Waals surface area contributed by atoms with Crippen LogP contribution in [0, 0.1) is 0 Å². The summed E-state index contributed by atoms with van der Waals surface area (Å²) in [6.45, 7) is 1.97. The average molecular weight is 221 g/mol. The average Bonchev–Trinajstić information content (AvgIpc) is 2.60. The van der Waals surface area contributed by atoms with Crippen LogP contribution in [0.1, 0.15) is 19.8 Å². The number of rotatable bonds is 3. The molecule has 4 heteroatoms. The topological polar surface area (TPSA) is 46.5 Å². The maximum Gasteiger partial charge on any atom is 0.179 e. The molecule has 0 spiro atoms. The lowest BCUT2D eigenvalue weighted by Gasteiger charge is -2.03. The minimum Gasteiger partial charge on any atom is -0.296 e. The van der Waals surface area contributed by atoms with Crippen molar-refractivity contribution in [3.8, 4) is 0 Å². The monoisotopic (exact) mass is 221 g/mol. The third kappa shape index (κ3) is 2.09. The second kappa shape index (κ2) is 4.14. The summed E-state index contributed by atoms with van der Waals surface area (Å²) in [6.07, 6.45) is 6.11. The van der Waals surface area contributed by atoms with E-state index in [0.717, 1.165) is 17.0 Å². The van der Waals surface area contributed by atoms with E-state index in [-0.39, 0.29) is 16.9 Å². The Bertz CT molecular complexity index is 407. The van der Waals surface area contributed by atoms with E-state index in [1.165, 1.54) is 17.8 Å². The highest BCUT2D eigenvalue weighted by molar-refractivity contribution is 8.05. The minimum absolute atomic E-state index is 0.0277. The van der Waals surface area contributed by atoms with Crippen LogP contribution in [-0.2, 0) is 9.59 Å². The van der Waals surface area contributed by atoms with Crippen LogP contribution in [0.3, 0.4) is 0 Å². The Morgan fingerprint density at radius 3 is 3.07 bits per heavy atom. The Balaban J connectivity index is 2.15. The summed E-state index contributed by atoms with van der Waals surface area (Å²) < 4.78 is 0. The number of thioether (sulfide) groups is 1. The molecular formula is C11H11NO2S. The van der Waals surface area contributed by atoms with Gasteiger partial charge in [0.25, 0.3) is 0 Å². The number of allylic oxidation sites excluding steroid dienone is 4. The molecule has 0 aromatic heterocycles. The van der Waals surface area contributed by atoms with Crippen molar-refractivity contribution in [2.75, 3.05) is 0 Å². The maximum absolute atomic E-state index is 11.6. The summed E-state index contributed by atoms with van der Waals surface area (Å²) in [5.41, 5.74) is 0.772. The maximum atomic E-state index is 11.6. The first-order valence-corrected chi connectivity index (χ1v) is 5.80. The largest absolute Gasteiger partial charge is 0.296 e. The smallest absolute Gasteiger partial charge is 0.179 e. The number of ketones is 2. The molecule has 0 fully saturated rings. The van der Waals surface area contributed by atoms with Gasteiger partial charge in [-0.15, -0.1) is 0 Å². The number of hydrogen-bond acceptors (Lipinski definition) is 4. The van der Waals surface area contributed by atoms with Gasteiger partial charge in [0.1, 0.15) is 0 Å². The van der Waals surface area contributed by atoms with Gasteiger partial charge in [0.05, 0.1) is 5.71 Å². The van der Waals surface area contributed by atoms with Crippen molar-refractivity contribution in [1.82, 2.24) is 0 Å². The molecule has 0 N–H and O–H groups in total. The van der Waals surface area contributed by atoms with E-state index in [2.05, 4.69) is 4.99 Å². The molecule has 1 aliphatic carbocycles. The van der Waals surface area contributed by atoms with Gasteiger partial charge in [-0.1, -0.05) is 18.7 Å². The van der Waals surface area contributed by atoms with Gasteiger partial charge in [-0.2, -0.15) is 0 Å². The standard InChI is InChI=1S/C11H11NO2S/c1-2-3-9(14)11-12-8-5-4-7(13)6-10(8)15-11/h4-6,11H,2-3H2,1H3. The van der Waals surface area contributed by atoms with E-state index < -0.39 is 0 Å². The second-order valence-corrected chi connectivity index (χ2v) is 4.57. The minimum atomic E-state index is -0.332. The first kappa shape index (κ1) is 10.4. The molecular weight excluding hydrogens is 210 g/mol. The zero-order valence-corrected chi connectivity index (χ0v) is 9.21. The quantitative estimate of drug-likeness (QED) is 0.684. The van der Waals surface area contributed by atoms with E-state index in [1.54, 1.807) is 12.2 Å². The van der Waals surface area contributed by atoms with Crippen molar-refractivity contribution >= 4 is 29.0 Å². The third-order valence-electron chi connectivity index (χ3n) is 2.20. The van der Waals surface area contributed by atoms with Gasteiger partial charge in [0.2, 0.25) is 0 Å².